The molecule has 0 saturated carbocycles. The number of hydrogen-bond acceptors (Lipinski definition) is 3. The molecule has 5 nitrogen and oxygen atoms in total. The van der Waals surface area contributed by atoms with Gasteiger partial charge >= 0.3 is 0 Å². The molecule has 1 aromatic heterocycles. The largest absolute Gasteiger partial charge is 0.325 e. The van der Waals surface area contributed by atoms with Gasteiger partial charge in [-0.1, -0.05) is 0 Å². The van der Waals surface area contributed by atoms with E-state index in [4.69, 9.17) is 0 Å². The van der Waals surface area contributed by atoms with Crippen LogP contribution < -0.4 is 10.6 Å². The molecule has 23 heavy (non-hydrogen) atoms. The first-order valence-corrected chi connectivity index (χ1v) is 6.54. The molecule has 0 aliphatic carbocycles. The molecule has 126 valence electrons. The number of halogens is 4. The van der Waals surface area contributed by atoms with E-state index in [-0.39, 0.29) is 24.8 Å². The van der Waals surface area contributed by atoms with Gasteiger partial charge in [-0.15, -0.1) is 24.8 Å². The number of aromatic nitrogens is 2. The summed E-state index contributed by atoms with van der Waals surface area (Å²) in [6.45, 7) is -0.454. The Balaban J connectivity index is 0.00000132. The van der Waals surface area contributed by atoms with Crippen LogP contribution in [0.2, 0.25) is 0 Å². The maximum Gasteiger partial charge on any atom is 0.262 e. The molecule has 1 fully saturated rings. The highest BCUT2D eigenvalue weighted by molar-refractivity contribution is 5.95. The minimum Gasteiger partial charge on any atom is -0.325 e. The van der Waals surface area contributed by atoms with Crippen LogP contribution in [0.3, 0.4) is 0 Å². The molecule has 1 amide bonds. The fourth-order valence-electron chi connectivity index (χ4n) is 2.26. The van der Waals surface area contributed by atoms with Crippen LogP contribution in [0.1, 0.15) is 6.42 Å². The van der Waals surface area contributed by atoms with Crippen molar-refractivity contribution in [2.24, 2.45) is 0 Å². The predicted octanol–water partition coefficient (Wildman–Crippen LogP) is 2.65. The molecule has 1 saturated heterocycles. The Hall–Kier alpha value is -1.70. The van der Waals surface area contributed by atoms with Crippen LogP contribution in [0.15, 0.2) is 43.0 Å². The smallest absolute Gasteiger partial charge is 0.262 e. The average molecular weight is 365 g/mol. The Bertz CT molecular complexity index is 635. The van der Waals surface area contributed by atoms with Crippen LogP contribution in [0.4, 0.5) is 14.5 Å². The Labute approximate surface area is 144 Å². The Morgan fingerprint density at radius 1 is 1.30 bits per heavy atom. The number of rotatable bonds is 3. The van der Waals surface area contributed by atoms with E-state index >= 15 is 0 Å². The van der Waals surface area contributed by atoms with Gasteiger partial charge in [0.05, 0.1) is 18.9 Å². The highest BCUT2D eigenvalue weighted by Crippen LogP contribution is 2.25. The van der Waals surface area contributed by atoms with Crippen molar-refractivity contribution in [3.63, 3.8) is 0 Å². The van der Waals surface area contributed by atoms with E-state index in [1.807, 2.05) is 16.7 Å². The molecule has 0 radical (unpaired) electrons. The first kappa shape index (κ1) is 19.3. The summed E-state index contributed by atoms with van der Waals surface area (Å²) in [5.41, 5.74) is 1.47. The van der Waals surface area contributed by atoms with Gasteiger partial charge in [0.1, 0.15) is 0 Å². The summed E-state index contributed by atoms with van der Waals surface area (Å²) in [4.78, 5) is 15.8. The van der Waals surface area contributed by atoms with Gasteiger partial charge in [0.15, 0.2) is 0 Å². The number of hydrogen-bond donors (Lipinski definition) is 2. The van der Waals surface area contributed by atoms with E-state index < -0.39 is 30.8 Å². The average Bonchev–Trinajstić information content (AvgIpc) is 3.09. The zero-order valence-corrected chi connectivity index (χ0v) is 13.5. The van der Waals surface area contributed by atoms with Gasteiger partial charge in [-0.05, 0) is 24.3 Å². The Morgan fingerprint density at radius 2 is 2.00 bits per heavy atom. The second-order valence-corrected chi connectivity index (χ2v) is 5.00. The summed E-state index contributed by atoms with van der Waals surface area (Å²) < 4.78 is 27.9. The number of nitrogens with one attached hydrogen (secondary N) is 2. The minimum atomic E-state index is -2.81. The lowest BCUT2D eigenvalue weighted by Gasteiger charge is -2.11. The van der Waals surface area contributed by atoms with Crippen molar-refractivity contribution in [2.45, 2.75) is 18.4 Å². The van der Waals surface area contributed by atoms with Gasteiger partial charge in [-0.3, -0.25) is 10.1 Å². The van der Waals surface area contributed by atoms with Crippen LogP contribution in [0, 0.1) is 0 Å². The summed E-state index contributed by atoms with van der Waals surface area (Å²) in [5.74, 6) is -3.25. The van der Waals surface area contributed by atoms with E-state index in [1.54, 1.807) is 30.9 Å². The molecule has 1 aliphatic heterocycles. The standard InChI is InChI=1S/C14H14F2N4O.2ClH/c15-14(16)7-12(18-8-14)13(21)19-10-1-3-11(4-2-10)20-6-5-17-9-20;;/h1-6,9,12,18H,7-8H2,(H,19,21);2*1H. The highest BCUT2D eigenvalue weighted by Gasteiger charge is 2.42. The topological polar surface area (TPSA) is 59.0 Å². The highest BCUT2D eigenvalue weighted by atomic mass is 35.5. The maximum absolute atomic E-state index is 13.1. The summed E-state index contributed by atoms with van der Waals surface area (Å²) in [7, 11) is 0. The second kappa shape index (κ2) is 7.72. The fraction of sp³-hybridized carbons (Fsp3) is 0.286. The van der Waals surface area contributed by atoms with Gasteiger partial charge < -0.3 is 9.88 Å². The van der Waals surface area contributed by atoms with Gasteiger partial charge in [-0.25, -0.2) is 13.8 Å². The van der Waals surface area contributed by atoms with Gasteiger partial charge in [-0.2, -0.15) is 0 Å². The number of imidazole rings is 1. The Kier molecular flexibility index (Phi) is 6.49. The lowest BCUT2D eigenvalue weighted by atomic mass is 10.2. The van der Waals surface area contributed by atoms with Crippen LogP contribution >= 0.6 is 24.8 Å². The van der Waals surface area contributed by atoms with E-state index in [0.717, 1.165) is 5.69 Å². The molecular weight excluding hydrogens is 349 g/mol. The lowest BCUT2D eigenvalue weighted by molar-refractivity contribution is -0.118. The number of amides is 1. The lowest BCUT2D eigenvalue weighted by Crippen LogP contribution is -2.35. The normalized spacial score (nSPS) is 18.6. The molecule has 0 spiro atoms. The molecule has 1 unspecified atom stereocenters. The van der Waals surface area contributed by atoms with Gasteiger partial charge in [0.2, 0.25) is 5.91 Å². The third-order valence-corrected chi connectivity index (χ3v) is 3.36. The quantitative estimate of drug-likeness (QED) is 0.879. The van der Waals surface area contributed by atoms with Gasteiger partial charge in [0.25, 0.3) is 5.92 Å². The molecule has 1 atom stereocenters. The SMILES string of the molecule is Cl.Cl.O=C(Nc1ccc(-n2ccnc2)cc1)C1CC(F)(F)CN1. The third kappa shape index (κ3) is 4.63. The zero-order valence-electron chi connectivity index (χ0n) is 11.9. The van der Waals surface area contributed by atoms with E-state index in [1.165, 1.54) is 0 Å². The number of benzene rings is 1. The number of anilines is 1. The van der Waals surface area contributed by atoms with E-state index in [9.17, 15) is 13.6 Å². The van der Waals surface area contributed by atoms with Crippen LogP contribution in [-0.2, 0) is 4.79 Å². The van der Waals surface area contributed by atoms with Crippen LogP contribution in [0.5, 0.6) is 0 Å². The van der Waals surface area contributed by atoms with Crippen LogP contribution in [-0.4, -0.2) is 34.0 Å². The monoisotopic (exact) mass is 364 g/mol. The predicted molar refractivity (Wildman–Crippen MR) is 88.0 cm³/mol. The first-order chi connectivity index (χ1) is 10.0. The Morgan fingerprint density at radius 3 is 2.52 bits per heavy atom. The first-order valence-electron chi connectivity index (χ1n) is 6.54. The van der Waals surface area contributed by atoms with Crippen LogP contribution in [0.25, 0.3) is 5.69 Å². The molecule has 2 heterocycles. The molecule has 0 bridgehead atoms. The molecule has 1 aliphatic rings. The summed E-state index contributed by atoms with van der Waals surface area (Å²) in [6, 6.07) is 6.22. The summed E-state index contributed by atoms with van der Waals surface area (Å²) >= 11 is 0. The van der Waals surface area contributed by atoms with Crippen molar-refractivity contribution in [3.05, 3.63) is 43.0 Å². The van der Waals surface area contributed by atoms with E-state index in [0.29, 0.717) is 5.69 Å². The molecule has 9 heteroatoms. The van der Waals surface area contributed by atoms with E-state index in [2.05, 4.69) is 15.6 Å². The maximum atomic E-state index is 13.1. The fourth-order valence-corrected chi connectivity index (χ4v) is 2.26. The third-order valence-electron chi connectivity index (χ3n) is 3.36. The molecule has 1 aromatic carbocycles. The number of carbonyl (C=O) groups excluding carboxylic acids is 1. The van der Waals surface area contributed by atoms with Crippen molar-refractivity contribution >= 4 is 36.4 Å². The van der Waals surface area contributed by atoms with Crippen molar-refractivity contribution in [3.8, 4) is 5.69 Å². The van der Waals surface area contributed by atoms with Crippen molar-refractivity contribution in [1.82, 2.24) is 14.9 Å². The summed E-state index contributed by atoms with van der Waals surface area (Å²) in [6.07, 6.45) is 4.67. The van der Waals surface area contributed by atoms with Crippen molar-refractivity contribution < 1.29 is 13.6 Å². The second-order valence-electron chi connectivity index (χ2n) is 5.00. The zero-order chi connectivity index (χ0) is 14.9. The van der Waals surface area contributed by atoms with Crippen molar-refractivity contribution in [2.75, 3.05) is 11.9 Å². The number of alkyl halides is 2. The summed E-state index contributed by atoms with van der Waals surface area (Å²) in [5, 5.41) is 5.16. The van der Waals surface area contributed by atoms with Gasteiger partial charge in [0, 0.05) is 30.2 Å². The molecule has 3 rings (SSSR count). The number of nitrogens with zero attached hydrogens (tertiary/aromatic N) is 2. The molecular formula is C14H16Cl2F2N4O. The minimum absolute atomic E-state index is 0. The number of carbonyl (C=O) groups is 1. The molecule has 2 aromatic rings. The molecule has 2 N–H and O–H groups in total. The van der Waals surface area contributed by atoms with Crippen molar-refractivity contribution in [1.29, 1.82) is 0 Å².